The number of carbonyl (C=O) groups is 1. The van der Waals surface area contributed by atoms with E-state index in [1.54, 1.807) is 0 Å². The summed E-state index contributed by atoms with van der Waals surface area (Å²) in [4.78, 5) is 17.6. The van der Waals surface area contributed by atoms with E-state index in [0.29, 0.717) is 12.3 Å². The van der Waals surface area contributed by atoms with Crippen LogP contribution in [0.3, 0.4) is 0 Å². The number of nitrogens with zero attached hydrogens (tertiary/aromatic N) is 2. The summed E-state index contributed by atoms with van der Waals surface area (Å²) in [6.07, 6.45) is 9.23. The van der Waals surface area contributed by atoms with Crippen LogP contribution in [0.2, 0.25) is 0 Å². The van der Waals surface area contributed by atoms with Gasteiger partial charge < -0.3 is 14.8 Å². The van der Waals surface area contributed by atoms with Crippen molar-refractivity contribution in [2.24, 2.45) is 49.2 Å². The second kappa shape index (κ2) is 17.7. The third kappa shape index (κ3) is 11.0. The maximum absolute atomic E-state index is 13.0. The first-order chi connectivity index (χ1) is 27.7. The van der Waals surface area contributed by atoms with E-state index in [0.717, 1.165) is 19.3 Å². The number of phenols is 1. The van der Waals surface area contributed by atoms with Gasteiger partial charge in [0.1, 0.15) is 5.75 Å². The summed E-state index contributed by atoms with van der Waals surface area (Å²) in [7, 11) is 0. The summed E-state index contributed by atoms with van der Waals surface area (Å²) in [5.74, 6) is -0.488. The molecule has 1 aromatic heterocycles. The van der Waals surface area contributed by atoms with E-state index in [4.69, 9.17) is 0 Å². The van der Waals surface area contributed by atoms with Crippen LogP contribution in [-0.4, -0.2) is 25.7 Å². The smallest absolute Gasteiger partial charge is 0.307 e. The number of carboxylic acid groups (broad SMARTS) is 1. The number of aromatic hydroxyl groups is 1. The lowest BCUT2D eigenvalue weighted by molar-refractivity contribution is -0.153. The van der Waals surface area contributed by atoms with E-state index in [1.165, 1.54) is 22.3 Å². The molecule has 0 bridgehead atoms. The molecule has 3 aromatic carbocycles. The molecule has 0 spiro atoms. The first kappa shape index (κ1) is 49.8. The zero-order valence-electron chi connectivity index (χ0n) is 41.6. The SMILES string of the molecule is CC(C)(C)CC(C(=O)O)C(C)(C)C(C)(C)CC(n1ccnc1)C(C)(C)C(C)(C)CC(c1ccc(O)cc1)C(C)(C)C(C)(C)CC(c1cccc(-c2ccccc2)c1)C(C)(C)C. The first-order valence-corrected chi connectivity index (χ1v) is 22.9. The van der Waals surface area contributed by atoms with Gasteiger partial charge in [0, 0.05) is 18.4 Å². The minimum Gasteiger partial charge on any atom is -0.508 e. The number of phenolic OH excluding ortho intramolecular Hbond substituents is 1. The lowest BCUT2D eigenvalue weighted by Crippen LogP contribution is -2.49. The third-order valence-corrected chi connectivity index (χ3v) is 16.7. The molecular formula is C56H84N2O3. The Balaban J connectivity index is 1.80. The van der Waals surface area contributed by atoms with Gasteiger partial charge >= 0.3 is 5.97 Å². The van der Waals surface area contributed by atoms with Gasteiger partial charge in [-0.25, -0.2) is 4.98 Å². The van der Waals surface area contributed by atoms with Crippen LogP contribution in [0.25, 0.3) is 11.1 Å². The Kier molecular flexibility index (Phi) is 14.5. The fourth-order valence-corrected chi connectivity index (χ4v) is 10.1. The van der Waals surface area contributed by atoms with E-state index < -0.39 is 17.3 Å². The first-order valence-electron chi connectivity index (χ1n) is 22.9. The highest BCUT2D eigenvalue weighted by atomic mass is 16.4. The normalized spacial score (nSPS) is 15.9. The number of imidazole rings is 1. The highest BCUT2D eigenvalue weighted by Gasteiger charge is 2.54. The number of hydrogen-bond donors (Lipinski definition) is 2. The summed E-state index contributed by atoms with van der Waals surface area (Å²) in [5.41, 5.74) is 3.35. The molecule has 5 heteroatoms. The van der Waals surface area contributed by atoms with Crippen LogP contribution in [0.5, 0.6) is 5.75 Å². The van der Waals surface area contributed by atoms with Crippen molar-refractivity contribution in [2.75, 3.05) is 0 Å². The molecule has 1 heterocycles. The number of benzene rings is 3. The fraction of sp³-hybridized carbons (Fsp3) is 0.607. The number of aromatic nitrogens is 2. The van der Waals surface area contributed by atoms with Crippen LogP contribution >= 0.6 is 0 Å². The Morgan fingerprint density at radius 2 is 1.10 bits per heavy atom. The minimum absolute atomic E-state index is 0.0169. The zero-order chi connectivity index (χ0) is 46.2. The molecule has 0 amide bonds. The molecule has 2 N–H and O–H groups in total. The third-order valence-electron chi connectivity index (χ3n) is 16.7. The average molecular weight is 833 g/mol. The highest BCUT2D eigenvalue weighted by Crippen LogP contribution is 2.63. The second-order valence-electron chi connectivity index (χ2n) is 24.7. The Labute approximate surface area is 372 Å². The van der Waals surface area contributed by atoms with Gasteiger partial charge in [0.15, 0.2) is 0 Å². The molecule has 4 rings (SSSR count). The van der Waals surface area contributed by atoms with Crippen molar-refractivity contribution in [1.82, 2.24) is 9.55 Å². The van der Waals surface area contributed by atoms with E-state index in [9.17, 15) is 15.0 Å². The number of hydrogen-bond acceptors (Lipinski definition) is 3. The van der Waals surface area contributed by atoms with Gasteiger partial charge in [-0.3, -0.25) is 4.79 Å². The van der Waals surface area contributed by atoms with Crippen molar-refractivity contribution in [3.8, 4) is 16.9 Å². The predicted molar refractivity (Wildman–Crippen MR) is 258 cm³/mol. The van der Waals surface area contributed by atoms with Crippen LogP contribution in [-0.2, 0) is 4.79 Å². The van der Waals surface area contributed by atoms with Gasteiger partial charge in [-0.2, -0.15) is 0 Å². The van der Waals surface area contributed by atoms with Crippen molar-refractivity contribution >= 4 is 5.97 Å². The van der Waals surface area contributed by atoms with Crippen molar-refractivity contribution in [2.45, 2.75) is 168 Å². The van der Waals surface area contributed by atoms with Gasteiger partial charge in [0.2, 0.25) is 0 Å². The predicted octanol–water partition coefficient (Wildman–Crippen LogP) is 15.9. The molecule has 4 unspecified atom stereocenters. The van der Waals surface area contributed by atoms with E-state index in [1.807, 2.05) is 24.7 Å². The Morgan fingerprint density at radius 3 is 1.61 bits per heavy atom. The molecule has 61 heavy (non-hydrogen) atoms. The largest absolute Gasteiger partial charge is 0.508 e. The summed E-state index contributed by atoms with van der Waals surface area (Å²) < 4.78 is 2.29. The van der Waals surface area contributed by atoms with Crippen LogP contribution in [0.1, 0.15) is 179 Å². The van der Waals surface area contributed by atoms with E-state index in [-0.39, 0.29) is 55.6 Å². The molecular weight excluding hydrogens is 749 g/mol. The zero-order valence-corrected chi connectivity index (χ0v) is 41.6. The van der Waals surface area contributed by atoms with Crippen molar-refractivity contribution in [3.63, 3.8) is 0 Å². The molecule has 5 nitrogen and oxygen atoms in total. The molecule has 0 saturated heterocycles. The van der Waals surface area contributed by atoms with Gasteiger partial charge in [-0.05, 0) is 115 Å². The second-order valence-corrected chi connectivity index (χ2v) is 24.7. The maximum Gasteiger partial charge on any atom is 0.307 e. The number of carboxylic acids is 1. The molecule has 0 aliphatic rings. The summed E-state index contributed by atoms with van der Waals surface area (Å²) >= 11 is 0. The van der Waals surface area contributed by atoms with Gasteiger partial charge in [0.05, 0.1) is 12.2 Å². The fourth-order valence-electron chi connectivity index (χ4n) is 10.1. The minimum atomic E-state index is -0.717. The maximum atomic E-state index is 13.0. The van der Waals surface area contributed by atoms with Crippen LogP contribution in [0, 0.1) is 49.2 Å². The van der Waals surface area contributed by atoms with Gasteiger partial charge in [0.25, 0.3) is 0 Å². The molecule has 4 atom stereocenters. The molecule has 0 aliphatic carbocycles. The molecule has 0 radical (unpaired) electrons. The lowest BCUT2D eigenvalue weighted by Gasteiger charge is -2.56. The molecule has 0 saturated carbocycles. The molecule has 0 aliphatic heterocycles. The number of rotatable bonds is 18. The van der Waals surface area contributed by atoms with Crippen molar-refractivity contribution < 1.29 is 15.0 Å². The summed E-state index contributed by atoms with van der Waals surface area (Å²) in [6, 6.07) is 27.9. The van der Waals surface area contributed by atoms with Crippen LogP contribution < -0.4 is 0 Å². The molecule has 4 aromatic rings. The Hall–Kier alpha value is -3.86. The standard InChI is InChI=1S/C56H84N2O3/c1-49(2,3)34-46(48(60)61)55(15,16)53(11,12)37-47(58-32-31-57-38-58)56(17,18)52(9,10)36-45(40-27-29-43(59)30-28-40)54(13,14)51(7,8)35-44(50(4,5)6)42-26-22-25-41(33-42)39-23-20-19-21-24-39/h19-33,38,44-47,59H,34-37H2,1-18H3,(H,60,61). The topological polar surface area (TPSA) is 75.3 Å². The Morgan fingerprint density at radius 1 is 0.574 bits per heavy atom. The van der Waals surface area contributed by atoms with Crippen LogP contribution in [0.4, 0.5) is 0 Å². The Bertz CT molecular complexity index is 2020. The quantitative estimate of drug-likeness (QED) is 0.105. The molecule has 0 fully saturated rings. The van der Waals surface area contributed by atoms with E-state index in [2.05, 4.69) is 207 Å². The van der Waals surface area contributed by atoms with Crippen molar-refractivity contribution in [1.29, 1.82) is 0 Å². The number of aliphatic carboxylic acids is 1. The average Bonchev–Trinajstić information content (AvgIpc) is 3.68. The van der Waals surface area contributed by atoms with Crippen molar-refractivity contribution in [3.05, 3.63) is 109 Å². The van der Waals surface area contributed by atoms with Gasteiger partial charge in [-0.15, -0.1) is 0 Å². The van der Waals surface area contributed by atoms with Crippen LogP contribution in [0.15, 0.2) is 97.6 Å². The highest BCUT2D eigenvalue weighted by molar-refractivity contribution is 5.71. The van der Waals surface area contributed by atoms with E-state index >= 15 is 0 Å². The summed E-state index contributed by atoms with van der Waals surface area (Å²) in [6.45, 7) is 42.2. The molecule has 336 valence electrons. The monoisotopic (exact) mass is 833 g/mol. The summed E-state index contributed by atoms with van der Waals surface area (Å²) in [5, 5.41) is 21.2. The lowest BCUT2D eigenvalue weighted by atomic mass is 9.49. The van der Waals surface area contributed by atoms with Gasteiger partial charge in [-0.1, -0.05) is 191 Å².